The Morgan fingerprint density at radius 1 is 1.25 bits per heavy atom. The van der Waals surface area contributed by atoms with Gasteiger partial charge in [-0.25, -0.2) is 9.97 Å². The fourth-order valence-corrected chi connectivity index (χ4v) is 2.93. The van der Waals surface area contributed by atoms with E-state index in [1.165, 1.54) is 0 Å². The number of carbonyl (C=O) groups excluding carboxylic acids is 1. The van der Waals surface area contributed by atoms with Crippen LogP contribution in [0.1, 0.15) is 27.5 Å². The standard InChI is InChI=1S/C17H17N5O2/c1-9-8-12-10(2)18-17(21-16(12)24-9)20-15(23)13-5-4-11-6-7-22(3)14(11)19-13/h4-5,8H,6-7H2,1-3H3,(H,18,20,21,23). The van der Waals surface area contributed by atoms with Crippen LogP contribution in [0.3, 0.4) is 0 Å². The van der Waals surface area contributed by atoms with Crippen LogP contribution in [0, 0.1) is 13.8 Å². The molecule has 0 saturated heterocycles. The molecule has 3 aromatic rings. The Balaban J connectivity index is 1.63. The molecule has 0 aliphatic carbocycles. The van der Waals surface area contributed by atoms with Gasteiger partial charge in [-0.15, -0.1) is 0 Å². The molecule has 7 nitrogen and oxygen atoms in total. The van der Waals surface area contributed by atoms with E-state index in [9.17, 15) is 4.79 Å². The Labute approximate surface area is 138 Å². The molecule has 1 amide bonds. The second kappa shape index (κ2) is 5.30. The third kappa shape index (κ3) is 2.38. The van der Waals surface area contributed by atoms with Gasteiger partial charge in [-0.3, -0.25) is 10.1 Å². The molecule has 122 valence electrons. The fraction of sp³-hybridized carbons (Fsp3) is 0.294. The largest absolute Gasteiger partial charge is 0.443 e. The lowest BCUT2D eigenvalue weighted by atomic mass is 10.2. The summed E-state index contributed by atoms with van der Waals surface area (Å²) < 4.78 is 5.53. The predicted octanol–water partition coefficient (Wildman–Crippen LogP) is 2.48. The number of carbonyl (C=O) groups is 1. The Kier molecular flexibility index (Phi) is 3.23. The molecule has 0 radical (unpaired) electrons. The maximum Gasteiger partial charge on any atom is 0.276 e. The number of furan rings is 1. The Morgan fingerprint density at radius 3 is 2.92 bits per heavy atom. The highest BCUT2D eigenvalue weighted by molar-refractivity contribution is 6.02. The van der Waals surface area contributed by atoms with Gasteiger partial charge in [0.1, 0.15) is 17.3 Å². The molecule has 0 fully saturated rings. The zero-order valence-electron chi connectivity index (χ0n) is 13.8. The van der Waals surface area contributed by atoms with Gasteiger partial charge < -0.3 is 9.32 Å². The Bertz CT molecular complexity index is 963. The highest BCUT2D eigenvalue weighted by atomic mass is 16.3. The van der Waals surface area contributed by atoms with Crippen LogP contribution in [0.5, 0.6) is 0 Å². The maximum absolute atomic E-state index is 12.5. The van der Waals surface area contributed by atoms with Crippen molar-refractivity contribution >= 4 is 28.8 Å². The minimum atomic E-state index is -0.333. The lowest BCUT2D eigenvalue weighted by molar-refractivity contribution is 0.102. The van der Waals surface area contributed by atoms with Gasteiger partial charge in [0.15, 0.2) is 0 Å². The first-order chi connectivity index (χ1) is 11.5. The van der Waals surface area contributed by atoms with E-state index in [1.807, 2.05) is 37.9 Å². The SMILES string of the molecule is Cc1cc2c(C)nc(NC(=O)c3ccc4c(n3)N(C)CC4)nc2o1. The molecule has 7 heteroatoms. The normalized spacial score (nSPS) is 13.4. The van der Waals surface area contributed by atoms with Crippen molar-refractivity contribution in [2.75, 3.05) is 23.8 Å². The number of aryl methyl sites for hydroxylation is 2. The molecule has 0 atom stereocenters. The third-order valence-electron chi connectivity index (χ3n) is 4.20. The number of anilines is 2. The summed E-state index contributed by atoms with van der Waals surface area (Å²) in [7, 11) is 1.97. The quantitative estimate of drug-likeness (QED) is 0.780. The molecule has 0 spiro atoms. The monoisotopic (exact) mass is 323 g/mol. The minimum absolute atomic E-state index is 0.218. The van der Waals surface area contributed by atoms with Gasteiger partial charge >= 0.3 is 0 Å². The highest BCUT2D eigenvalue weighted by Gasteiger charge is 2.20. The molecule has 3 aromatic heterocycles. The van der Waals surface area contributed by atoms with Crippen LogP contribution in [0.25, 0.3) is 11.1 Å². The Hall–Kier alpha value is -2.96. The number of pyridine rings is 1. The number of amides is 1. The van der Waals surface area contributed by atoms with E-state index in [4.69, 9.17) is 4.42 Å². The van der Waals surface area contributed by atoms with Gasteiger partial charge in [0.25, 0.3) is 5.91 Å². The van der Waals surface area contributed by atoms with Gasteiger partial charge in [-0.1, -0.05) is 6.07 Å². The van der Waals surface area contributed by atoms with Crippen molar-refractivity contribution in [3.63, 3.8) is 0 Å². The number of aromatic nitrogens is 3. The smallest absolute Gasteiger partial charge is 0.276 e. The van der Waals surface area contributed by atoms with Crippen molar-refractivity contribution in [1.82, 2.24) is 15.0 Å². The van der Waals surface area contributed by atoms with Crippen LogP contribution in [0.2, 0.25) is 0 Å². The lowest BCUT2D eigenvalue weighted by Gasteiger charge is -2.11. The molecule has 1 aliphatic rings. The van der Waals surface area contributed by atoms with Crippen molar-refractivity contribution in [3.8, 4) is 0 Å². The summed E-state index contributed by atoms with van der Waals surface area (Å²) >= 11 is 0. The molecule has 0 saturated carbocycles. The summed E-state index contributed by atoms with van der Waals surface area (Å²) in [6.07, 6.45) is 0.956. The number of rotatable bonds is 2. The van der Waals surface area contributed by atoms with Crippen molar-refractivity contribution in [1.29, 1.82) is 0 Å². The highest BCUT2D eigenvalue weighted by Crippen LogP contribution is 2.25. The average molecular weight is 323 g/mol. The van der Waals surface area contributed by atoms with Crippen molar-refractivity contribution < 1.29 is 9.21 Å². The molecule has 0 bridgehead atoms. The predicted molar refractivity (Wildman–Crippen MR) is 90.4 cm³/mol. The van der Waals surface area contributed by atoms with Gasteiger partial charge in [0.2, 0.25) is 11.7 Å². The second-order valence-electron chi connectivity index (χ2n) is 6.01. The Morgan fingerprint density at radius 2 is 2.08 bits per heavy atom. The van der Waals surface area contributed by atoms with Crippen LogP contribution in [0.15, 0.2) is 22.6 Å². The van der Waals surface area contributed by atoms with E-state index < -0.39 is 0 Å². The zero-order valence-corrected chi connectivity index (χ0v) is 13.8. The van der Waals surface area contributed by atoms with E-state index in [2.05, 4.69) is 20.3 Å². The summed E-state index contributed by atoms with van der Waals surface area (Å²) in [5.74, 6) is 1.50. The van der Waals surface area contributed by atoms with Crippen LogP contribution >= 0.6 is 0 Å². The summed E-state index contributed by atoms with van der Waals surface area (Å²) in [5.41, 5.74) is 2.74. The first-order valence-electron chi connectivity index (χ1n) is 7.78. The van der Waals surface area contributed by atoms with Crippen molar-refractivity contribution in [2.45, 2.75) is 20.3 Å². The first-order valence-corrected chi connectivity index (χ1v) is 7.78. The second-order valence-corrected chi connectivity index (χ2v) is 6.01. The topological polar surface area (TPSA) is 84.2 Å². The average Bonchev–Trinajstić information content (AvgIpc) is 3.10. The number of hydrogen-bond donors (Lipinski definition) is 1. The fourth-order valence-electron chi connectivity index (χ4n) is 2.93. The number of nitrogens with one attached hydrogen (secondary N) is 1. The van der Waals surface area contributed by atoms with E-state index in [0.29, 0.717) is 11.4 Å². The molecular weight excluding hydrogens is 306 g/mol. The summed E-state index contributed by atoms with van der Waals surface area (Å²) in [6.45, 7) is 4.63. The van der Waals surface area contributed by atoms with E-state index in [-0.39, 0.29) is 11.9 Å². The van der Waals surface area contributed by atoms with Gasteiger partial charge in [-0.05, 0) is 38.0 Å². The molecule has 1 aliphatic heterocycles. The molecule has 4 rings (SSSR count). The number of likely N-dealkylation sites (N-methyl/N-ethyl adjacent to an activating group) is 1. The zero-order chi connectivity index (χ0) is 16.8. The van der Waals surface area contributed by atoms with Gasteiger partial charge in [0.05, 0.1) is 11.1 Å². The van der Waals surface area contributed by atoms with Gasteiger partial charge in [0, 0.05) is 13.6 Å². The van der Waals surface area contributed by atoms with Crippen LogP contribution in [0.4, 0.5) is 11.8 Å². The maximum atomic E-state index is 12.5. The minimum Gasteiger partial charge on any atom is -0.443 e. The molecular formula is C17H17N5O2. The van der Waals surface area contributed by atoms with Crippen LogP contribution < -0.4 is 10.2 Å². The van der Waals surface area contributed by atoms with E-state index >= 15 is 0 Å². The van der Waals surface area contributed by atoms with Crippen molar-refractivity contribution in [3.05, 3.63) is 40.9 Å². The van der Waals surface area contributed by atoms with E-state index in [1.54, 1.807) is 6.07 Å². The molecule has 0 aromatic carbocycles. The first kappa shape index (κ1) is 14.6. The number of nitrogens with zero attached hydrogens (tertiary/aromatic N) is 4. The molecule has 0 unspecified atom stereocenters. The summed E-state index contributed by atoms with van der Waals surface area (Å²) in [6, 6.07) is 5.57. The summed E-state index contributed by atoms with van der Waals surface area (Å²) in [5, 5.41) is 3.55. The van der Waals surface area contributed by atoms with Crippen molar-refractivity contribution in [2.24, 2.45) is 0 Å². The van der Waals surface area contributed by atoms with Crippen LogP contribution in [-0.4, -0.2) is 34.5 Å². The van der Waals surface area contributed by atoms with E-state index in [0.717, 1.165) is 41.2 Å². The van der Waals surface area contributed by atoms with Crippen LogP contribution in [-0.2, 0) is 6.42 Å². The molecule has 1 N–H and O–H groups in total. The number of fused-ring (bicyclic) bond motifs is 2. The van der Waals surface area contributed by atoms with Gasteiger partial charge in [-0.2, -0.15) is 4.98 Å². The third-order valence-corrected chi connectivity index (χ3v) is 4.20. The molecule has 24 heavy (non-hydrogen) atoms. The lowest BCUT2D eigenvalue weighted by Crippen LogP contribution is -2.18. The number of hydrogen-bond acceptors (Lipinski definition) is 6. The summed E-state index contributed by atoms with van der Waals surface area (Å²) in [4.78, 5) is 27.6. The molecule has 4 heterocycles.